The van der Waals surface area contributed by atoms with E-state index in [1.165, 1.54) is 12.0 Å². The zero-order chi connectivity index (χ0) is 20.7. The molecule has 0 atom stereocenters. The molecule has 0 N–H and O–H groups in total. The number of fused-ring (bicyclic) bond motifs is 1. The minimum absolute atomic E-state index is 0.0713. The largest absolute Gasteiger partial charge is 0.497 e. The lowest BCUT2D eigenvalue weighted by Crippen LogP contribution is -2.53. The normalized spacial score (nSPS) is 21.3. The number of benzene rings is 2. The van der Waals surface area contributed by atoms with E-state index in [4.69, 9.17) is 4.74 Å². The quantitative estimate of drug-likeness (QED) is 0.689. The van der Waals surface area contributed by atoms with E-state index in [-0.39, 0.29) is 11.0 Å². The molecule has 0 saturated heterocycles. The molecule has 0 radical (unpaired) electrons. The molecule has 2 aliphatic rings. The molecule has 4 nitrogen and oxygen atoms in total. The van der Waals surface area contributed by atoms with Crippen LogP contribution in [0.15, 0.2) is 53.4 Å². The van der Waals surface area contributed by atoms with E-state index < -0.39 is 10.0 Å². The van der Waals surface area contributed by atoms with Crippen LogP contribution < -0.4 is 4.74 Å². The Labute approximate surface area is 174 Å². The summed E-state index contributed by atoms with van der Waals surface area (Å²) < 4.78 is 34.9. The van der Waals surface area contributed by atoms with Gasteiger partial charge in [-0.2, -0.15) is 4.31 Å². The number of rotatable bonds is 3. The summed E-state index contributed by atoms with van der Waals surface area (Å²) in [5.41, 5.74) is 1.99. The molecule has 0 unspecified atom stereocenters. The number of ether oxygens (including phenoxy) is 1. The summed E-state index contributed by atoms with van der Waals surface area (Å²) in [7, 11) is -2.04. The van der Waals surface area contributed by atoms with Crippen molar-refractivity contribution in [1.29, 1.82) is 0 Å². The molecule has 0 amide bonds. The molecule has 1 aliphatic heterocycles. The Balaban J connectivity index is 1.85. The van der Waals surface area contributed by atoms with Gasteiger partial charge in [-0.25, -0.2) is 8.42 Å². The Morgan fingerprint density at radius 1 is 0.931 bits per heavy atom. The van der Waals surface area contributed by atoms with Crippen molar-refractivity contribution in [1.82, 2.24) is 4.31 Å². The Kier molecular flexibility index (Phi) is 5.24. The van der Waals surface area contributed by atoms with Crippen LogP contribution in [0.5, 0.6) is 5.75 Å². The van der Waals surface area contributed by atoms with Crippen molar-refractivity contribution in [2.24, 2.45) is 0 Å². The number of sulfonamides is 1. The van der Waals surface area contributed by atoms with Crippen molar-refractivity contribution in [2.75, 3.05) is 7.11 Å². The molecule has 29 heavy (non-hydrogen) atoms. The summed E-state index contributed by atoms with van der Waals surface area (Å²) in [6.45, 7) is 4.98. The van der Waals surface area contributed by atoms with Gasteiger partial charge >= 0.3 is 0 Å². The van der Waals surface area contributed by atoms with Gasteiger partial charge in [0.05, 0.1) is 12.0 Å². The fourth-order valence-electron chi connectivity index (χ4n) is 5.50. The van der Waals surface area contributed by atoms with E-state index in [1.807, 2.05) is 10.4 Å². The van der Waals surface area contributed by atoms with Crippen LogP contribution in [-0.4, -0.2) is 25.4 Å². The third-order valence-electron chi connectivity index (χ3n) is 6.79. The highest BCUT2D eigenvalue weighted by atomic mass is 32.2. The first-order valence-electron chi connectivity index (χ1n) is 10.5. The Hall–Kier alpha value is -1.85. The Morgan fingerprint density at radius 3 is 2.24 bits per heavy atom. The van der Waals surface area contributed by atoms with Crippen LogP contribution in [0, 0.1) is 0 Å². The van der Waals surface area contributed by atoms with Crippen LogP contribution in [0.4, 0.5) is 0 Å². The maximum absolute atomic E-state index is 13.9. The van der Waals surface area contributed by atoms with Crippen LogP contribution in [0.2, 0.25) is 0 Å². The smallest absolute Gasteiger partial charge is 0.243 e. The molecule has 4 rings (SSSR count). The number of hydrogen-bond acceptors (Lipinski definition) is 3. The van der Waals surface area contributed by atoms with Crippen molar-refractivity contribution in [3.8, 4) is 5.75 Å². The van der Waals surface area contributed by atoms with Crippen LogP contribution in [-0.2, 0) is 22.0 Å². The second-order valence-electron chi connectivity index (χ2n) is 9.19. The van der Waals surface area contributed by atoms with E-state index in [1.54, 1.807) is 31.4 Å². The molecule has 2 aromatic rings. The second kappa shape index (κ2) is 7.44. The van der Waals surface area contributed by atoms with Crippen molar-refractivity contribution < 1.29 is 13.2 Å². The van der Waals surface area contributed by atoms with Crippen molar-refractivity contribution in [3.63, 3.8) is 0 Å². The van der Waals surface area contributed by atoms with Gasteiger partial charge in [-0.1, -0.05) is 57.4 Å². The molecule has 1 fully saturated rings. The molecule has 1 spiro atoms. The summed E-state index contributed by atoms with van der Waals surface area (Å²) in [5.74, 6) is 0.665. The summed E-state index contributed by atoms with van der Waals surface area (Å²) in [4.78, 5) is 0.348. The Morgan fingerprint density at radius 2 is 1.59 bits per heavy atom. The molecule has 156 valence electrons. The molecule has 1 heterocycles. The molecule has 1 aliphatic carbocycles. The predicted molar refractivity (Wildman–Crippen MR) is 116 cm³/mol. The third kappa shape index (κ3) is 3.59. The SMILES string of the molecule is COc1ccc(S(=O)(=O)N2Cc3ccccc3C(C)(C)CC23CCCCC3)cc1. The topological polar surface area (TPSA) is 46.6 Å². The molecule has 0 bridgehead atoms. The molecule has 2 aromatic carbocycles. The van der Waals surface area contributed by atoms with Crippen molar-refractivity contribution >= 4 is 10.0 Å². The molecule has 5 heteroatoms. The van der Waals surface area contributed by atoms with Gasteiger partial charge in [-0.15, -0.1) is 0 Å². The highest BCUT2D eigenvalue weighted by Gasteiger charge is 2.50. The average molecular weight is 414 g/mol. The van der Waals surface area contributed by atoms with Gasteiger partial charge in [-0.05, 0) is 60.1 Å². The van der Waals surface area contributed by atoms with Crippen LogP contribution in [0.1, 0.15) is 63.5 Å². The van der Waals surface area contributed by atoms with Gasteiger partial charge in [-0.3, -0.25) is 0 Å². The minimum Gasteiger partial charge on any atom is -0.497 e. The number of methoxy groups -OCH3 is 1. The first-order chi connectivity index (χ1) is 13.8. The first-order valence-corrected chi connectivity index (χ1v) is 12.0. The predicted octanol–water partition coefficient (Wildman–Crippen LogP) is 5.27. The Bertz CT molecular complexity index is 973. The fraction of sp³-hybridized carbons (Fsp3) is 0.500. The monoisotopic (exact) mass is 413 g/mol. The lowest BCUT2D eigenvalue weighted by atomic mass is 9.69. The van der Waals surface area contributed by atoms with Crippen molar-refractivity contribution in [2.45, 2.75) is 74.8 Å². The fourth-order valence-corrected chi connectivity index (χ4v) is 7.30. The lowest BCUT2D eigenvalue weighted by molar-refractivity contribution is 0.0970. The molecule has 0 aromatic heterocycles. The average Bonchev–Trinajstić information content (AvgIpc) is 2.81. The van der Waals surface area contributed by atoms with Gasteiger partial charge in [0.1, 0.15) is 5.75 Å². The molecular weight excluding hydrogens is 382 g/mol. The standard InChI is InChI=1S/C24H31NO3S/c1-23(2)18-24(15-7-4-8-16-24)25(17-19-9-5-6-10-22(19)23)29(26,27)21-13-11-20(28-3)12-14-21/h5-6,9-14H,4,7-8,15-18H2,1-3H3. The number of nitrogens with zero attached hydrogens (tertiary/aromatic N) is 1. The van der Waals surface area contributed by atoms with Gasteiger partial charge in [0.2, 0.25) is 10.0 Å². The van der Waals surface area contributed by atoms with Crippen molar-refractivity contribution in [3.05, 3.63) is 59.7 Å². The highest BCUT2D eigenvalue weighted by Crippen LogP contribution is 2.49. The summed E-state index contributed by atoms with van der Waals surface area (Å²) in [6, 6.07) is 15.2. The van der Waals surface area contributed by atoms with Crippen LogP contribution >= 0.6 is 0 Å². The lowest BCUT2D eigenvalue weighted by Gasteiger charge is -2.47. The second-order valence-corrected chi connectivity index (χ2v) is 11.1. The highest BCUT2D eigenvalue weighted by molar-refractivity contribution is 7.89. The van der Waals surface area contributed by atoms with Crippen LogP contribution in [0.3, 0.4) is 0 Å². The number of hydrogen-bond donors (Lipinski definition) is 0. The maximum atomic E-state index is 13.9. The van der Waals surface area contributed by atoms with Crippen LogP contribution in [0.25, 0.3) is 0 Å². The third-order valence-corrected chi connectivity index (χ3v) is 8.76. The van der Waals surface area contributed by atoms with E-state index >= 15 is 0 Å². The van der Waals surface area contributed by atoms with Gasteiger partial charge in [0.25, 0.3) is 0 Å². The maximum Gasteiger partial charge on any atom is 0.243 e. The zero-order valence-corrected chi connectivity index (χ0v) is 18.5. The minimum atomic E-state index is -3.63. The first kappa shape index (κ1) is 20.4. The summed E-state index contributed by atoms with van der Waals surface area (Å²) in [6.07, 6.45) is 6.07. The van der Waals surface area contributed by atoms with E-state index in [0.29, 0.717) is 17.2 Å². The zero-order valence-electron chi connectivity index (χ0n) is 17.6. The van der Waals surface area contributed by atoms with Gasteiger partial charge in [0.15, 0.2) is 0 Å². The summed E-state index contributed by atoms with van der Waals surface area (Å²) in [5, 5.41) is 0. The molecule has 1 saturated carbocycles. The van der Waals surface area contributed by atoms with E-state index in [9.17, 15) is 8.42 Å². The van der Waals surface area contributed by atoms with E-state index in [0.717, 1.165) is 37.7 Å². The summed E-state index contributed by atoms with van der Waals surface area (Å²) >= 11 is 0. The molecular formula is C24H31NO3S. The van der Waals surface area contributed by atoms with Gasteiger partial charge in [0, 0.05) is 12.1 Å². The van der Waals surface area contributed by atoms with E-state index in [2.05, 4.69) is 32.0 Å². The van der Waals surface area contributed by atoms with Gasteiger partial charge < -0.3 is 4.74 Å².